The van der Waals surface area contributed by atoms with E-state index in [1.165, 1.54) is 12.8 Å². The first kappa shape index (κ1) is 22.4. The number of hydrogen-bond donors (Lipinski definition) is 2. The van der Waals surface area contributed by atoms with E-state index in [9.17, 15) is 4.79 Å². The Kier molecular flexibility index (Phi) is 9.44. The van der Waals surface area contributed by atoms with Gasteiger partial charge in [-0.25, -0.2) is 0 Å². The quantitative estimate of drug-likeness (QED) is 0.366. The van der Waals surface area contributed by atoms with Crippen LogP contribution < -0.4 is 15.4 Å². The van der Waals surface area contributed by atoms with Crippen molar-refractivity contribution in [1.82, 2.24) is 10.6 Å². The minimum atomic E-state index is -0.289. The summed E-state index contributed by atoms with van der Waals surface area (Å²) >= 11 is 8.74. The van der Waals surface area contributed by atoms with Gasteiger partial charge in [-0.2, -0.15) is 0 Å². The van der Waals surface area contributed by atoms with Crippen LogP contribution >= 0.6 is 28.1 Å². The zero-order valence-electron chi connectivity index (χ0n) is 16.3. The van der Waals surface area contributed by atoms with Crippen molar-refractivity contribution in [1.29, 1.82) is 0 Å². The monoisotopic (exact) mass is 462 g/mol. The average molecular weight is 463 g/mol. The lowest BCUT2D eigenvalue weighted by molar-refractivity contribution is 0.0972. The summed E-state index contributed by atoms with van der Waals surface area (Å²) in [5, 5.41) is 6.19. The van der Waals surface area contributed by atoms with Gasteiger partial charge in [0.15, 0.2) is 5.11 Å². The molecule has 0 spiro atoms. The first-order valence-corrected chi connectivity index (χ1v) is 10.8. The van der Waals surface area contributed by atoms with Crippen LogP contribution in [-0.4, -0.2) is 17.6 Å². The number of nitrogens with one attached hydrogen (secondary N) is 2. The van der Waals surface area contributed by atoms with Gasteiger partial charge in [0.25, 0.3) is 5.91 Å². The molecule has 0 aliphatic carbocycles. The minimum absolute atomic E-state index is 0.00852. The molecule has 2 aromatic rings. The number of carbonyl (C=O) groups is 1. The molecule has 0 radical (unpaired) electrons. The van der Waals surface area contributed by atoms with Gasteiger partial charge in [-0.3, -0.25) is 10.1 Å². The van der Waals surface area contributed by atoms with Crippen molar-refractivity contribution in [2.75, 3.05) is 6.61 Å². The topological polar surface area (TPSA) is 50.4 Å². The molecule has 2 rings (SSSR count). The van der Waals surface area contributed by atoms with E-state index in [-0.39, 0.29) is 17.1 Å². The lowest BCUT2D eigenvalue weighted by Gasteiger charge is -2.17. The van der Waals surface area contributed by atoms with E-state index in [1.807, 2.05) is 49.4 Å². The Labute approximate surface area is 181 Å². The molecule has 2 aromatic carbocycles. The third-order valence-corrected chi connectivity index (χ3v) is 5.03. The molecule has 2 N–H and O–H groups in total. The van der Waals surface area contributed by atoms with Gasteiger partial charge in [-0.05, 0) is 49.3 Å². The molecule has 1 unspecified atom stereocenters. The second-order valence-electron chi connectivity index (χ2n) is 6.61. The third kappa shape index (κ3) is 7.24. The SMILES string of the molecule is CCCCCCOc1ccc(Br)cc1C(=O)NC(=S)NC(C)c1ccccc1. The van der Waals surface area contributed by atoms with Crippen molar-refractivity contribution in [3.05, 3.63) is 64.1 Å². The fourth-order valence-corrected chi connectivity index (χ4v) is 3.38. The van der Waals surface area contributed by atoms with Crippen LogP contribution in [0.2, 0.25) is 0 Å². The van der Waals surface area contributed by atoms with Crippen LogP contribution in [0.1, 0.15) is 61.5 Å². The van der Waals surface area contributed by atoms with Crippen LogP contribution in [0.25, 0.3) is 0 Å². The van der Waals surface area contributed by atoms with E-state index in [2.05, 4.69) is 33.5 Å². The fraction of sp³-hybridized carbons (Fsp3) is 0.364. The molecule has 0 aliphatic rings. The van der Waals surface area contributed by atoms with Gasteiger partial charge in [0.05, 0.1) is 18.2 Å². The molecule has 1 atom stereocenters. The van der Waals surface area contributed by atoms with Crippen LogP contribution in [0.15, 0.2) is 53.0 Å². The highest BCUT2D eigenvalue weighted by molar-refractivity contribution is 9.10. The number of amides is 1. The van der Waals surface area contributed by atoms with E-state index in [1.54, 1.807) is 6.07 Å². The van der Waals surface area contributed by atoms with Gasteiger partial charge in [0.1, 0.15) is 5.75 Å². The second kappa shape index (κ2) is 11.8. The fourth-order valence-electron chi connectivity index (χ4n) is 2.74. The molecular weight excluding hydrogens is 436 g/mol. The number of ether oxygens (including phenoxy) is 1. The number of benzene rings is 2. The first-order chi connectivity index (χ1) is 13.5. The highest BCUT2D eigenvalue weighted by Gasteiger charge is 2.16. The zero-order valence-corrected chi connectivity index (χ0v) is 18.7. The molecule has 0 heterocycles. The molecule has 4 nitrogen and oxygen atoms in total. The van der Waals surface area contributed by atoms with Crippen molar-refractivity contribution in [3.8, 4) is 5.75 Å². The minimum Gasteiger partial charge on any atom is -0.493 e. The molecule has 0 saturated carbocycles. The maximum Gasteiger partial charge on any atom is 0.261 e. The Balaban J connectivity index is 1.96. The molecule has 0 saturated heterocycles. The van der Waals surface area contributed by atoms with Crippen molar-refractivity contribution in [3.63, 3.8) is 0 Å². The summed E-state index contributed by atoms with van der Waals surface area (Å²) in [6.07, 6.45) is 4.47. The second-order valence-corrected chi connectivity index (χ2v) is 7.93. The Bertz CT molecular complexity index is 783. The first-order valence-electron chi connectivity index (χ1n) is 9.60. The van der Waals surface area contributed by atoms with E-state index in [0.717, 1.165) is 22.9 Å². The standard InChI is InChI=1S/C22H27BrN2O2S/c1-3-4-5-9-14-27-20-13-12-18(23)15-19(20)21(26)25-22(28)24-16(2)17-10-7-6-8-11-17/h6-8,10-13,15-16H,3-5,9,14H2,1-2H3,(H2,24,25,26,28). The molecule has 0 bridgehead atoms. The van der Waals surface area contributed by atoms with Crippen LogP contribution in [0.4, 0.5) is 0 Å². The van der Waals surface area contributed by atoms with Crippen LogP contribution in [0, 0.1) is 0 Å². The average Bonchev–Trinajstić information content (AvgIpc) is 2.69. The van der Waals surface area contributed by atoms with Gasteiger partial charge in [-0.1, -0.05) is 72.4 Å². The number of unbranched alkanes of at least 4 members (excludes halogenated alkanes) is 3. The lowest BCUT2D eigenvalue weighted by Crippen LogP contribution is -2.40. The molecule has 1 amide bonds. The van der Waals surface area contributed by atoms with Crippen molar-refractivity contribution < 1.29 is 9.53 Å². The maximum atomic E-state index is 12.7. The summed E-state index contributed by atoms with van der Waals surface area (Å²) in [6.45, 7) is 4.76. The number of halogens is 1. The molecule has 0 fully saturated rings. The third-order valence-electron chi connectivity index (χ3n) is 4.32. The van der Waals surface area contributed by atoms with Crippen molar-refractivity contribution >= 4 is 39.2 Å². The number of thiocarbonyl (C=S) groups is 1. The highest BCUT2D eigenvalue weighted by atomic mass is 79.9. The van der Waals surface area contributed by atoms with Gasteiger partial charge in [-0.15, -0.1) is 0 Å². The van der Waals surface area contributed by atoms with Crippen LogP contribution in [0.3, 0.4) is 0 Å². The number of hydrogen-bond acceptors (Lipinski definition) is 3. The lowest BCUT2D eigenvalue weighted by atomic mass is 10.1. The molecule has 6 heteroatoms. The maximum absolute atomic E-state index is 12.7. The predicted octanol–water partition coefficient (Wildman–Crippen LogP) is 5.77. The molecule has 0 aromatic heterocycles. The van der Waals surface area contributed by atoms with Crippen LogP contribution in [0.5, 0.6) is 5.75 Å². The molecular formula is C22H27BrN2O2S. The summed E-state index contributed by atoms with van der Waals surface area (Å²) in [4.78, 5) is 12.7. The van der Waals surface area contributed by atoms with Crippen LogP contribution in [-0.2, 0) is 0 Å². The van der Waals surface area contributed by atoms with Crippen molar-refractivity contribution in [2.24, 2.45) is 0 Å². The van der Waals surface area contributed by atoms with E-state index < -0.39 is 0 Å². The van der Waals surface area contributed by atoms with E-state index >= 15 is 0 Å². The Morgan fingerprint density at radius 3 is 2.61 bits per heavy atom. The molecule has 150 valence electrons. The number of carbonyl (C=O) groups excluding carboxylic acids is 1. The summed E-state index contributed by atoms with van der Waals surface area (Å²) < 4.78 is 6.66. The normalized spacial score (nSPS) is 11.5. The van der Waals surface area contributed by atoms with Gasteiger partial charge < -0.3 is 10.1 Å². The predicted molar refractivity (Wildman–Crippen MR) is 122 cm³/mol. The zero-order chi connectivity index (χ0) is 20.4. The van der Waals surface area contributed by atoms with E-state index in [0.29, 0.717) is 17.9 Å². The van der Waals surface area contributed by atoms with Gasteiger partial charge >= 0.3 is 0 Å². The molecule has 28 heavy (non-hydrogen) atoms. The molecule has 0 aliphatic heterocycles. The van der Waals surface area contributed by atoms with E-state index in [4.69, 9.17) is 17.0 Å². The van der Waals surface area contributed by atoms with Gasteiger partial charge in [0, 0.05) is 4.47 Å². The summed E-state index contributed by atoms with van der Waals surface area (Å²) in [5.41, 5.74) is 1.55. The summed E-state index contributed by atoms with van der Waals surface area (Å²) in [6, 6.07) is 15.4. The Morgan fingerprint density at radius 2 is 1.89 bits per heavy atom. The smallest absolute Gasteiger partial charge is 0.261 e. The summed E-state index contributed by atoms with van der Waals surface area (Å²) in [5.74, 6) is 0.277. The highest BCUT2D eigenvalue weighted by Crippen LogP contribution is 2.24. The summed E-state index contributed by atoms with van der Waals surface area (Å²) in [7, 11) is 0. The van der Waals surface area contributed by atoms with Gasteiger partial charge in [0.2, 0.25) is 0 Å². The number of rotatable bonds is 9. The largest absolute Gasteiger partial charge is 0.493 e. The van der Waals surface area contributed by atoms with Crippen molar-refractivity contribution in [2.45, 2.75) is 45.6 Å². The Morgan fingerprint density at radius 1 is 1.14 bits per heavy atom. The Hall–Kier alpha value is -1.92.